The molecule has 2 aliphatic heterocycles. The number of anilines is 2. The molecule has 3 heterocycles. The molecule has 3 aromatic rings. The lowest BCUT2D eigenvalue weighted by Gasteiger charge is -2.35. The van der Waals surface area contributed by atoms with Gasteiger partial charge in [0.15, 0.2) is 0 Å². The monoisotopic (exact) mass is 530 g/mol. The third kappa shape index (κ3) is 6.12. The van der Waals surface area contributed by atoms with Crippen molar-refractivity contribution in [1.82, 2.24) is 19.8 Å². The Morgan fingerprint density at radius 3 is 2.67 bits per heavy atom. The Labute approximate surface area is 227 Å². The third-order valence-corrected chi connectivity index (χ3v) is 7.44. The Morgan fingerprint density at radius 2 is 1.90 bits per heavy atom. The summed E-state index contributed by atoms with van der Waals surface area (Å²) in [7, 11) is 2.09. The quantitative estimate of drug-likeness (QED) is 0.448. The van der Waals surface area contributed by atoms with E-state index in [2.05, 4.69) is 33.8 Å². The van der Waals surface area contributed by atoms with Crippen molar-refractivity contribution in [3.8, 4) is 11.8 Å². The minimum atomic E-state index is -0.436. The van der Waals surface area contributed by atoms with Gasteiger partial charge in [-0.05, 0) is 44.0 Å². The van der Waals surface area contributed by atoms with Gasteiger partial charge in [0.05, 0.1) is 5.69 Å². The standard InChI is InChI=1S/C29H34N6O4/c1-3-27(37)35-14-12-34(13-15-35)26-18-25(31-29(32-26)39-19-21-9-6-7-11-33(21)2)28(38)30-24-17-22(36)16-20-8-4-5-10-23(20)24/h3-5,8,10,16-18,21,36H,1,6-7,9,11-15,19H2,2H3,(H,30,38). The molecular weight excluding hydrogens is 496 g/mol. The smallest absolute Gasteiger partial charge is 0.319 e. The van der Waals surface area contributed by atoms with E-state index in [4.69, 9.17) is 4.74 Å². The van der Waals surface area contributed by atoms with Crippen molar-refractivity contribution in [2.24, 2.45) is 0 Å². The summed E-state index contributed by atoms with van der Waals surface area (Å²) in [4.78, 5) is 40.6. The highest BCUT2D eigenvalue weighted by Crippen LogP contribution is 2.29. The average molecular weight is 531 g/mol. The van der Waals surface area contributed by atoms with E-state index < -0.39 is 5.91 Å². The van der Waals surface area contributed by atoms with Crippen LogP contribution in [0.15, 0.2) is 55.1 Å². The lowest BCUT2D eigenvalue weighted by atomic mass is 10.0. The predicted octanol–water partition coefficient (Wildman–Crippen LogP) is 3.29. The zero-order chi connectivity index (χ0) is 27.4. The summed E-state index contributed by atoms with van der Waals surface area (Å²) in [5.41, 5.74) is 0.641. The lowest BCUT2D eigenvalue weighted by Crippen LogP contribution is -2.48. The molecule has 2 amide bonds. The van der Waals surface area contributed by atoms with Gasteiger partial charge in [-0.15, -0.1) is 0 Å². The maximum absolute atomic E-state index is 13.5. The maximum atomic E-state index is 13.5. The number of aromatic hydroxyl groups is 1. The molecule has 0 spiro atoms. The first-order valence-electron chi connectivity index (χ1n) is 13.3. The number of nitrogens with one attached hydrogen (secondary N) is 1. The molecule has 5 rings (SSSR count). The molecule has 0 saturated carbocycles. The molecule has 1 unspecified atom stereocenters. The number of likely N-dealkylation sites (tertiary alicyclic amines) is 1. The van der Waals surface area contributed by atoms with Gasteiger partial charge in [-0.2, -0.15) is 9.97 Å². The van der Waals surface area contributed by atoms with Crippen LogP contribution in [0.25, 0.3) is 10.8 Å². The molecule has 204 valence electrons. The zero-order valence-electron chi connectivity index (χ0n) is 22.2. The Morgan fingerprint density at radius 1 is 1.10 bits per heavy atom. The second kappa shape index (κ2) is 11.7. The summed E-state index contributed by atoms with van der Waals surface area (Å²) in [6, 6.07) is 12.7. The van der Waals surface area contributed by atoms with Crippen LogP contribution in [0.1, 0.15) is 29.8 Å². The highest BCUT2D eigenvalue weighted by atomic mass is 16.5. The largest absolute Gasteiger partial charge is 0.508 e. The minimum Gasteiger partial charge on any atom is -0.508 e. The van der Waals surface area contributed by atoms with Crippen LogP contribution in [-0.2, 0) is 4.79 Å². The first-order valence-corrected chi connectivity index (χ1v) is 13.3. The highest BCUT2D eigenvalue weighted by Gasteiger charge is 2.24. The fourth-order valence-electron chi connectivity index (χ4n) is 5.15. The molecule has 1 aromatic heterocycles. The van der Waals surface area contributed by atoms with Gasteiger partial charge in [-0.1, -0.05) is 37.3 Å². The van der Waals surface area contributed by atoms with Crippen LogP contribution in [0.4, 0.5) is 11.5 Å². The molecule has 2 N–H and O–H groups in total. The second-order valence-corrected chi connectivity index (χ2v) is 10.0. The van der Waals surface area contributed by atoms with E-state index in [1.165, 1.54) is 18.6 Å². The van der Waals surface area contributed by atoms with Crippen LogP contribution >= 0.6 is 0 Å². The fourth-order valence-corrected chi connectivity index (χ4v) is 5.15. The first kappa shape index (κ1) is 26.4. The molecule has 0 bridgehead atoms. The predicted molar refractivity (Wildman–Crippen MR) is 150 cm³/mol. The van der Waals surface area contributed by atoms with Crippen molar-refractivity contribution in [2.45, 2.75) is 25.3 Å². The van der Waals surface area contributed by atoms with E-state index in [1.54, 1.807) is 17.0 Å². The summed E-state index contributed by atoms with van der Waals surface area (Å²) in [5.74, 6) is 0.0828. The Kier molecular flexibility index (Phi) is 7.92. The summed E-state index contributed by atoms with van der Waals surface area (Å²) >= 11 is 0. The number of phenols is 1. The summed E-state index contributed by atoms with van der Waals surface area (Å²) in [6.45, 7) is 7.18. The van der Waals surface area contributed by atoms with Gasteiger partial charge in [0.1, 0.15) is 23.9 Å². The molecule has 2 aliphatic rings. The number of nitrogens with zero attached hydrogens (tertiary/aromatic N) is 5. The molecule has 2 saturated heterocycles. The van der Waals surface area contributed by atoms with Crippen LogP contribution in [0.3, 0.4) is 0 Å². The maximum Gasteiger partial charge on any atom is 0.319 e. The van der Waals surface area contributed by atoms with Crippen LogP contribution in [0.5, 0.6) is 11.8 Å². The molecule has 2 aromatic carbocycles. The number of amides is 2. The van der Waals surface area contributed by atoms with Gasteiger partial charge in [-0.25, -0.2) is 0 Å². The number of ether oxygens (including phenoxy) is 1. The Bertz CT molecular complexity index is 1370. The number of piperidine rings is 1. The van der Waals surface area contributed by atoms with Crippen molar-refractivity contribution < 1.29 is 19.4 Å². The number of carbonyl (C=O) groups excluding carboxylic acids is 2. The SMILES string of the molecule is C=CC(=O)N1CCN(c2cc(C(=O)Nc3cc(O)cc4ccccc34)nc(OCC3CCCCN3C)n2)CC1. The Balaban J connectivity index is 1.40. The van der Waals surface area contributed by atoms with Crippen molar-refractivity contribution in [3.05, 3.63) is 60.8 Å². The third-order valence-electron chi connectivity index (χ3n) is 7.44. The fraction of sp³-hybridized carbons (Fsp3) is 0.379. The number of benzene rings is 2. The first-order chi connectivity index (χ1) is 18.9. The van der Waals surface area contributed by atoms with Crippen molar-refractivity contribution in [3.63, 3.8) is 0 Å². The van der Waals surface area contributed by atoms with Gasteiger partial charge in [0.2, 0.25) is 5.91 Å². The highest BCUT2D eigenvalue weighted by molar-refractivity contribution is 6.09. The number of hydrogen-bond acceptors (Lipinski definition) is 8. The van der Waals surface area contributed by atoms with Gasteiger partial charge >= 0.3 is 6.01 Å². The average Bonchev–Trinajstić information content (AvgIpc) is 2.96. The van der Waals surface area contributed by atoms with Crippen molar-refractivity contribution >= 4 is 34.1 Å². The van der Waals surface area contributed by atoms with Gasteiger partial charge in [0.25, 0.3) is 5.91 Å². The molecule has 0 aliphatic carbocycles. The zero-order valence-corrected chi connectivity index (χ0v) is 22.2. The van der Waals surface area contributed by atoms with Crippen molar-refractivity contribution in [1.29, 1.82) is 0 Å². The Hall–Kier alpha value is -4.18. The van der Waals surface area contributed by atoms with Crippen LogP contribution in [-0.4, -0.2) is 89.1 Å². The minimum absolute atomic E-state index is 0.0555. The molecule has 1 atom stereocenters. The van der Waals surface area contributed by atoms with E-state index in [0.29, 0.717) is 44.3 Å². The molecule has 10 heteroatoms. The number of fused-ring (bicyclic) bond motifs is 1. The van der Waals surface area contributed by atoms with Crippen LogP contribution in [0, 0.1) is 0 Å². The number of rotatable bonds is 7. The molecule has 10 nitrogen and oxygen atoms in total. The molecule has 2 fully saturated rings. The van der Waals surface area contributed by atoms with E-state index in [9.17, 15) is 14.7 Å². The normalized spacial score (nSPS) is 18.1. The second-order valence-electron chi connectivity index (χ2n) is 10.0. The number of hydrogen-bond donors (Lipinski definition) is 2. The van der Waals surface area contributed by atoms with E-state index >= 15 is 0 Å². The number of likely N-dealkylation sites (N-methyl/N-ethyl adjacent to an activating group) is 1. The van der Waals surface area contributed by atoms with Crippen LogP contribution in [0.2, 0.25) is 0 Å². The van der Waals surface area contributed by atoms with E-state index in [1.807, 2.05) is 29.2 Å². The summed E-state index contributed by atoms with van der Waals surface area (Å²) in [6.07, 6.45) is 4.68. The van der Waals surface area contributed by atoms with Gasteiger partial charge in [0, 0.05) is 49.7 Å². The number of aromatic nitrogens is 2. The van der Waals surface area contributed by atoms with Gasteiger partial charge in [-0.3, -0.25) is 9.59 Å². The number of carbonyl (C=O) groups is 2. The van der Waals surface area contributed by atoms with E-state index in [-0.39, 0.29) is 29.4 Å². The summed E-state index contributed by atoms with van der Waals surface area (Å²) in [5, 5.41) is 14.7. The molecular formula is C29H34N6O4. The van der Waals surface area contributed by atoms with E-state index in [0.717, 1.165) is 30.2 Å². The number of phenolic OH excluding ortho intramolecular Hbond substituents is 1. The lowest BCUT2D eigenvalue weighted by molar-refractivity contribution is -0.126. The van der Waals surface area contributed by atoms with Gasteiger partial charge < -0.3 is 29.9 Å². The van der Waals surface area contributed by atoms with Crippen molar-refractivity contribution in [2.75, 3.05) is 56.6 Å². The topological polar surface area (TPSA) is 111 Å². The molecule has 0 radical (unpaired) electrons. The van der Waals surface area contributed by atoms with Crippen LogP contribution < -0.4 is 15.0 Å². The summed E-state index contributed by atoms with van der Waals surface area (Å²) < 4.78 is 6.07. The molecule has 39 heavy (non-hydrogen) atoms. The number of piperazine rings is 1.